The first-order valence-electron chi connectivity index (χ1n) is 13.0. The molecule has 0 bridgehead atoms. The summed E-state index contributed by atoms with van der Waals surface area (Å²) in [7, 11) is 0. The van der Waals surface area contributed by atoms with Crippen molar-refractivity contribution >= 4 is 94.5 Å². The number of amides is 2. The number of aryl methyl sites for hydroxylation is 1. The lowest BCUT2D eigenvalue weighted by atomic mass is 10.2. The molecule has 1 saturated heterocycles. The van der Waals surface area contributed by atoms with Crippen LogP contribution in [0.4, 0.5) is 5.69 Å². The highest BCUT2D eigenvalue weighted by Gasteiger charge is 2.34. The van der Waals surface area contributed by atoms with Gasteiger partial charge in [-0.1, -0.05) is 49.6 Å². The molecule has 1 fully saturated rings. The second-order valence-corrected chi connectivity index (χ2v) is 13.1. The number of carbonyl (C=O) groups is 2. The van der Waals surface area contributed by atoms with E-state index in [4.69, 9.17) is 9.15 Å². The van der Waals surface area contributed by atoms with Gasteiger partial charge in [0.15, 0.2) is 11.8 Å². The zero-order valence-corrected chi connectivity index (χ0v) is 28.5. The third-order valence-corrected chi connectivity index (χ3v) is 8.68. The number of hydrogen-bond donors (Lipinski definition) is 2. The number of hydrogen-bond acceptors (Lipinski definition) is 8. The van der Waals surface area contributed by atoms with Gasteiger partial charge in [0.2, 0.25) is 0 Å². The molecule has 0 aliphatic carbocycles. The number of phenols is 1. The van der Waals surface area contributed by atoms with E-state index in [0.717, 1.165) is 26.3 Å². The van der Waals surface area contributed by atoms with Gasteiger partial charge < -0.3 is 19.6 Å². The van der Waals surface area contributed by atoms with E-state index >= 15 is 0 Å². The lowest BCUT2D eigenvalue weighted by Gasteiger charge is -2.13. The van der Waals surface area contributed by atoms with Crippen LogP contribution in [0.15, 0.2) is 106 Å². The number of amidine groups is 1. The predicted octanol–water partition coefficient (Wildman–Crippen LogP) is 8.11. The smallest absolute Gasteiger partial charge is 0.267 e. The van der Waals surface area contributed by atoms with Gasteiger partial charge in [-0.2, -0.15) is 5.10 Å². The van der Waals surface area contributed by atoms with E-state index in [0.29, 0.717) is 42.9 Å². The molecule has 4 aromatic rings. The van der Waals surface area contributed by atoms with Gasteiger partial charge in [-0.3, -0.25) is 14.5 Å². The molecule has 0 radical (unpaired) electrons. The number of thioether (sulfide) groups is 1. The van der Waals surface area contributed by atoms with Crippen molar-refractivity contribution in [1.82, 2.24) is 4.90 Å². The molecular formula is C31H23Br3N4O5S. The van der Waals surface area contributed by atoms with Crippen LogP contribution in [-0.4, -0.2) is 39.8 Å². The maximum Gasteiger partial charge on any atom is 0.267 e. The molecule has 13 heteroatoms. The highest BCUT2D eigenvalue weighted by atomic mass is 79.9. The Morgan fingerprint density at radius 3 is 2.59 bits per heavy atom. The summed E-state index contributed by atoms with van der Waals surface area (Å²) in [5.74, 6) is 0.370. The third kappa shape index (κ3) is 8.08. The standard InChI is InChI=1S/C31H23Br3N4O5S/c1-18-4-7-23(8-5-18)36-28(39)17-43-26-9-6-21(32)11-19(26)13-27-30(41)38(16-24-3-2-10-42-24)31(44-27)37-35-15-20-12-22(33)14-25(34)29(20)40/h2-15,40H,16-17H2,1H3,(H,36,39)/b27-13-,35-15-,37-31+. The summed E-state index contributed by atoms with van der Waals surface area (Å²) in [6.45, 7) is 1.88. The minimum atomic E-state index is -0.317. The molecule has 3 aromatic carbocycles. The highest BCUT2D eigenvalue weighted by molar-refractivity contribution is 9.11. The van der Waals surface area contributed by atoms with Gasteiger partial charge in [0.05, 0.1) is 28.4 Å². The van der Waals surface area contributed by atoms with Crippen molar-refractivity contribution in [2.75, 3.05) is 11.9 Å². The first kappa shape index (κ1) is 31.8. The molecule has 2 N–H and O–H groups in total. The first-order valence-corrected chi connectivity index (χ1v) is 16.2. The summed E-state index contributed by atoms with van der Waals surface area (Å²) in [5, 5.41) is 21.9. The number of rotatable bonds is 9. The van der Waals surface area contributed by atoms with Gasteiger partial charge in [0, 0.05) is 25.8 Å². The maximum absolute atomic E-state index is 13.6. The Bertz CT molecular complexity index is 1790. The summed E-state index contributed by atoms with van der Waals surface area (Å²) in [6.07, 6.45) is 4.61. The van der Waals surface area contributed by atoms with Crippen molar-refractivity contribution in [2.24, 2.45) is 10.2 Å². The number of phenolic OH excluding ortho intramolecular Hbond substituents is 1. The Morgan fingerprint density at radius 1 is 1.07 bits per heavy atom. The summed E-state index contributed by atoms with van der Waals surface area (Å²) in [6, 6.07) is 19.7. The molecule has 44 heavy (non-hydrogen) atoms. The van der Waals surface area contributed by atoms with Crippen molar-refractivity contribution in [1.29, 1.82) is 0 Å². The number of anilines is 1. The van der Waals surface area contributed by atoms with E-state index in [9.17, 15) is 14.7 Å². The van der Waals surface area contributed by atoms with Gasteiger partial charge in [0.1, 0.15) is 17.3 Å². The molecule has 1 aliphatic rings. The van der Waals surface area contributed by atoms with Crippen molar-refractivity contribution in [2.45, 2.75) is 13.5 Å². The number of nitrogens with zero attached hydrogens (tertiary/aromatic N) is 3. The van der Waals surface area contributed by atoms with Gasteiger partial charge in [0.25, 0.3) is 11.8 Å². The van der Waals surface area contributed by atoms with Gasteiger partial charge in [-0.25, -0.2) is 0 Å². The largest absolute Gasteiger partial charge is 0.506 e. The molecule has 0 atom stereocenters. The van der Waals surface area contributed by atoms with Crippen LogP contribution in [0.1, 0.15) is 22.5 Å². The fraction of sp³-hybridized carbons (Fsp3) is 0.0968. The summed E-state index contributed by atoms with van der Waals surface area (Å²) < 4.78 is 13.3. The number of ether oxygens (including phenoxy) is 1. The average molecular weight is 803 g/mol. The lowest BCUT2D eigenvalue weighted by molar-refractivity contribution is -0.122. The normalized spacial score (nSPS) is 15.1. The van der Waals surface area contributed by atoms with Crippen LogP contribution in [0.3, 0.4) is 0 Å². The Balaban J connectivity index is 1.39. The monoisotopic (exact) mass is 800 g/mol. The minimum absolute atomic E-state index is 0.00931. The molecule has 0 saturated carbocycles. The maximum atomic E-state index is 13.6. The lowest BCUT2D eigenvalue weighted by Crippen LogP contribution is -2.28. The first-order chi connectivity index (χ1) is 21.2. The van der Waals surface area contributed by atoms with E-state index in [-0.39, 0.29) is 30.7 Å². The minimum Gasteiger partial charge on any atom is -0.506 e. The molecule has 9 nitrogen and oxygen atoms in total. The van der Waals surface area contributed by atoms with E-state index in [1.165, 1.54) is 17.4 Å². The molecule has 2 heterocycles. The number of carbonyl (C=O) groups excluding carboxylic acids is 2. The van der Waals surface area contributed by atoms with Crippen molar-refractivity contribution < 1.29 is 23.8 Å². The second kappa shape index (κ2) is 14.4. The van der Waals surface area contributed by atoms with Crippen molar-refractivity contribution in [3.05, 3.63) is 114 Å². The number of furan rings is 1. The van der Waals surface area contributed by atoms with Crippen LogP contribution in [-0.2, 0) is 16.1 Å². The molecule has 0 spiro atoms. The van der Waals surface area contributed by atoms with Crippen LogP contribution < -0.4 is 10.1 Å². The Labute approximate surface area is 282 Å². The summed E-state index contributed by atoms with van der Waals surface area (Å²) in [4.78, 5) is 28.0. The number of nitrogens with one attached hydrogen (secondary N) is 1. The van der Waals surface area contributed by atoms with Gasteiger partial charge >= 0.3 is 0 Å². The van der Waals surface area contributed by atoms with Crippen LogP contribution in [0.2, 0.25) is 0 Å². The van der Waals surface area contributed by atoms with Crippen LogP contribution in [0, 0.1) is 6.92 Å². The highest BCUT2D eigenvalue weighted by Crippen LogP contribution is 2.36. The Hall–Kier alpha value is -3.65. The molecule has 2 amide bonds. The molecule has 1 aliphatic heterocycles. The van der Waals surface area contributed by atoms with Crippen molar-refractivity contribution in [3.8, 4) is 11.5 Å². The molecule has 5 rings (SSSR count). The van der Waals surface area contributed by atoms with Crippen LogP contribution in [0.5, 0.6) is 11.5 Å². The topological polar surface area (TPSA) is 117 Å². The molecule has 1 aromatic heterocycles. The van der Waals surface area contributed by atoms with E-state index in [1.54, 1.807) is 48.5 Å². The zero-order chi connectivity index (χ0) is 31.2. The quantitative estimate of drug-likeness (QED) is 0.100. The summed E-state index contributed by atoms with van der Waals surface area (Å²) in [5.41, 5.74) is 2.78. The Morgan fingerprint density at radius 2 is 1.84 bits per heavy atom. The van der Waals surface area contributed by atoms with Gasteiger partial charge in [-0.05, 0) is 95.3 Å². The number of halogens is 3. The molecule has 0 unspecified atom stereocenters. The van der Waals surface area contributed by atoms with Gasteiger partial charge in [-0.15, -0.1) is 5.10 Å². The van der Waals surface area contributed by atoms with Crippen LogP contribution in [0.25, 0.3) is 6.08 Å². The second-order valence-electron chi connectivity index (χ2n) is 9.42. The third-order valence-electron chi connectivity index (χ3n) is 6.13. The van der Waals surface area contributed by atoms with E-state index < -0.39 is 0 Å². The SMILES string of the molecule is Cc1ccc(NC(=O)COc2ccc(Br)cc2/C=C2\S/C(=N/N=C\c3cc(Br)cc(Br)c3O)N(Cc3ccco3)C2=O)cc1. The predicted molar refractivity (Wildman–Crippen MR) is 183 cm³/mol. The fourth-order valence-corrected chi connectivity index (χ4v) is 6.55. The molecular weight excluding hydrogens is 780 g/mol. The van der Waals surface area contributed by atoms with E-state index in [1.807, 2.05) is 31.2 Å². The zero-order valence-electron chi connectivity index (χ0n) is 23.0. The fourth-order valence-electron chi connectivity index (χ4n) is 3.99. The average Bonchev–Trinajstić information content (AvgIpc) is 3.60. The molecule has 224 valence electrons. The number of aromatic hydroxyl groups is 1. The van der Waals surface area contributed by atoms with Crippen LogP contribution >= 0.6 is 59.6 Å². The van der Waals surface area contributed by atoms with Crippen molar-refractivity contribution in [3.63, 3.8) is 0 Å². The van der Waals surface area contributed by atoms with E-state index in [2.05, 4.69) is 63.3 Å². The summed E-state index contributed by atoms with van der Waals surface area (Å²) >= 11 is 11.3. The Kier molecular flexibility index (Phi) is 10.4. The number of benzene rings is 3.